The molecule has 0 aliphatic rings. The van der Waals surface area contributed by atoms with E-state index >= 15 is 0 Å². The largest absolute Gasteiger partial charge is 0.383 e. The Balaban J connectivity index is 2.08. The Morgan fingerprint density at radius 2 is 2.24 bits per heavy atom. The molecule has 2 rings (SSSR count). The van der Waals surface area contributed by atoms with Crippen molar-refractivity contribution < 1.29 is 9.66 Å². The van der Waals surface area contributed by atoms with E-state index in [1.54, 1.807) is 19.2 Å². The number of benzene rings is 1. The first kappa shape index (κ1) is 15.5. The van der Waals surface area contributed by atoms with Gasteiger partial charge in [0, 0.05) is 37.9 Å². The summed E-state index contributed by atoms with van der Waals surface area (Å²) in [6.45, 7) is 3.86. The summed E-state index contributed by atoms with van der Waals surface area (Å²) in [6, 6.07) is 4.75. The van der Waals surface area contributed by atoms with Crippen molar-refractivity contribution in [2.24, 2.45) is 0 Å². The van der Waals surface area contributed by atoms with Crippen LogP contribution >= 0.6 is 11.3 Å². The molecule has 0 saturated heterocycles. The van der Waals surface area contributed by atoms with Crippen molar-refractivity contribution in [1.29, 1.82) is 0 Å². The molecule has 0 fully saturated rings. The fraction of sp³-hybridized carbons (Fsp3) is 0.385. The second-order valence-electron chi connectivity index (χ2n) is 4.43. The predicted molar refractivity (Wildman–Crippen MR) is 80.3 cm³/mol. The van der Waals surface area contributed by atoms with Gasteiger partial charge in [-0.05, 0) is 18.6 Å². The monoisotopic (exact) mass is 308 g/mol. The number of aromatic nitrogens is 2. The minimum Gasteiger partial charge on any atom is -0.383 e. The van der Waals surface area contributed by atoms with Crippen LogP contribution in [0.5, 0.6) is 0 Å². The fourth-order valence-electron chi connectivity index (χ4n) is 1.80. The van der Waals surface area contributed by atoms with E-state index in [9.17, 15) is 10.1 Å². The summed E-state index contributed by atoms with van der Waals surface area (Å²) in [4.78, 5) is 10.3. The van der Waals surface area contributed by atoms with Crippen molar-refractivity contribution in [3.05, 3.63) is 38.9 Å². The van der Waals surface area contributed by atoms with Gasteiger partial charge in [-0.15, -0.1) is 10.2 Å². The van der Waals surface area contributed by atoms with Crippen LogP contribution in [-0.2, 0) is 11.3 Å². The molecule has 0 radical (unpaired) electrons. The van der Waals surface area contributed by atoms with E-state index < -0.39 is 4.92 Å². The highest BCUT2D eigenvalue weighted by Crippen LogP contribution is 2.29. The molecule has 1 N–H and O–H groups in total. The third-order valence-electron chi connectivity index (χ3n) is 2.88. The van der Waals surface area contributed by atoms with Crippen molar-refractivity contribution in [3.63, 3.8) is 0 Å². The summed E-state index contributed by atoms with van der Waals surface area (Å²) in [7, 11) is 1.65. The number of hydrogen-bond donors (Lipinski definition) is 1. The molecule has 0 unspecified atom stereocenters. The number of aryl methyl sites for hydroxylation is 1. The summed E-state index contributed by atoms with van der Waals surface area (Å²) >= 11 is 1.48. The summed E-state index contributed by atoms with van der Waals surface area (Å²) in [5.41, 5.74) is 1.78. The first-order valence-electron chi connectivity index (χ1n) is 6.39. The van der Waals surface area contributed by atoms with Crippen molar-refractivity contribution in [3.8, 4) is 10.6 Å². The predicted octanol–water partition coefficient (Wildman–Crippen LogP) is 2.16. The van der Waals surface area contributed by atoms with Gasteiger partial charge in [0.15, 0.2) is 0 Å². The summed E-state index contributed by atoms with van der Waals surface area (Å²) in [5.74, 6) is 0. The van der Waals surface area contributed by atoms with Gasteiger partial charge in [0.2, 0.25) is 0 Å². The molecule has 1 aromatic carbocycles. The molecule has 0 spiro atoms. The minimum atomic E-state index is -0.401. The number of nitro benzene ring substituents is 1. The zero-order valence-electron chi connectivity index (χ0n) is 11.8. The first-order valence-corrected chi connectivity index (χ1v) is 7.21. The number of methoxy groups -OCH3 is 1. The third kappa shape index (κ3) is 4.03. The highest BCUT2D eigenvalue weighted by Gasteiger charge is 2.13. The van der Waals surface area contributed by atoms with Crippen molar-refractivity contribution in [2.75, 3.05) is 20.3 Å². The van der Waals surface area contributed by atoms with Crippen LogP contribution in [-0.4, -0.2) is 35.4 Å². The second kappa shape index (κ2) is 7.21. The Kier molecular flexibility index (Phi) is 5.32. The van der Waals surface area contributed by atoms with Crippen LogP contribution in [0.25, 0.3) is 10.6 Å². The fourth-order valence-corrected chi connectivity index (χ4v) is 2.70. The molecule has 8 heteroatoms. The number of rotatable bonds is 7. The molecule has 1 aromatic heterocycles. The van der Waals surface area contributed by atoms with Gasteiger partial charge >= 0.3 is 0 Å². The molecule has 0 atom stereocenters. The van der Waals surface area contributed by atoms with E-state index in [4.69, 9.17) is 4.74 Å². The zero-order valence-corrected chi connectivity index (χ0v) is 12.6. The maximum atomic E-state index is 10.7. The van der Waals surface area contributed by atoms with Crippen molar-refractivity contribution in [1.82, 2.24) is 15.5 Å². The second-order valence-corrected chi connectivity index (χ2v) is 5.49. The molecule has 0 amide bonds. The molecule has 2 aromatic rings. The number of nitrogens with zero attached hydrogens (tertiary/aromatic N) is 3. The van der Waals surface area contributed by atoms with Gasteiger partial charge in [0.25, 0.3) is 5.69 Å². The van der Waals surface area contributed by atoms with Crippen LogP contribution in [0.3, 0.4) is 0 Å². The highest BCUT2D eigenvalue weighted by atomic mass is 32.1. The standard InChI is InChI=1S/C13H16N4O3S/c1-9-7-10(17(18)19)3-4-11(9)13-16-15-12(21-13)8-14-5-6-20-2/h3-4,7,14H,5-6,8H2,1-2H3. The summed E-state index contributed by atoms with van der Waals surface area (Å²) in [6.07, 6.45) is 0. The van der Waals surface area contributed by atoms with Gasteiger partial charge in [-0.25, -0.2) is 0 Å². The van der Waals surface area contributed by atoms with E-state index in [0.29, 0.717) is 13.2 Å². The van der Waals surface area contributed by atoms with Crippen LogP contribution in [0.2, 0.25) is 0 Å². The van der Waals surface area contributed by atoms with E-state index in [1.807, 2.05) is 6.92 Å². The Hall–Kier alpha value is -1.90. The van der Waals surface area contributed by atoms with Gasteiger partial charge in [0.1, 0.15) is 10.0 Å². The van der Waals surface area contributed by atoms with Crippen molar-refractivity contribution >= 4 is 17.0 Å². The Morgan fingerprint density at radius 1 is 1.43 bits per heavy atom. The molecule has 0 saturated carbocycles. The molecule has 0 bridgehead atoms. The average Bonchev–Trinajstić information content (AvgIpc) is 2.92. The lowest BCUT2D eigenvalue weighted by atomic mass is 10.1. The number of nitro groups is 1. The van der Waals surface area contributed by atoms with Gasteiger partial charge in [0.05, 0.1) is 11.5 Å². The smallest absolute Gasteiger partial charge is 0.269 e. The van der Waals surface area contributed by atoms with Crippen molar-refractivity contribution in [2.45, 2.75) is 13.5 Å². The number of non-ortho nitro benzene ring substituents is 1. The number of nitrogens with one attached hydrogen (secondary N) is 1. The molecule has 1 heterocycles. The molecular formula is C13H16N4O3S. The normalized spacial score (nSPS) is 10.8. The minimum absolute atomic E-state index is 0.0854. The van der Waals surface area contributed by atoms with Gasteiger partial charge in [-0.2, -0.15) is 0 Å². The van der Waals surface area contributed by atoms with E-state index in [2.05, 4.69) is 15.5 Å². The lowest BCUT2D eigenvalue weighted by Gasteiger charge is -2.01. The van der Waals surface area contributed by atoms with Crippen LogP contribution in [0.1, 0.15) is 10.6 Å². The molecule has 0 aliphatic carbocycles. The Morgan fingerprint density at radius 3 is 2.90 bits per heavy atom. The van der Waals surface area contributed by atoms with Crippen LogP contribution in [0.15, 0.2) is 18.2 Å². The van der Waals surface area contributed by atoms with Gasteiger partial charge in [-0.1, -0.05) is 11.3 Å². The summed E-state index contributed by atoms with van der Waals surface area (Å²) in [5, 5.41) is 23.8. The maximum absolute atomic E-state index is 10.7. The van der Waals surface area contributed by atoms with Crippen LogP contribution in [0, 0.1) is 17.0 Å². The Labute approximate surface area is 126 Å². The summed E-state index contributed by atoms with van der Waals surface area (Å²) < 4.78 is 4.95. The maximum Gasteiger partial charge on any atom is 0.269 e. The Bertz CT molecular complexity index is 630. The number of hydrogen-bond acceptors (Lipinski definition) is 7. The molecule has 0 aliphatic heterocycles. The van der Waals surface area contributed by atoms with Crippen LogP contribution in [0.4, 0.5) is 5.69 Å². The van der Waals surface area contributed by atoms with Crippen LogP contribution < -0.4 is 5.32 Å². The topological polar surface area (TPSA) is 90.2 Å². The highest BCUT2D eigenvalue weighted by molar-refractivity contribution is 7.14. The molecule has 21 heavy (non-hydrogen) atoms. The lowest BCUT2D eigenvalue weighted by Crippen LogP contribution is -2.18. The zero-order chi connectivity index (χ0) is 15.2. The van der Waals surface area contributed by atoms with Gasteiger partial charge < -0.3 is 10.1 Å². The quantitative estimate of drug-likeness (QED) is 0.479. The average molecular weight is 308 g/mol. The molecule has 112 valence electrons. The van der Waals surface area contributed by atoms with E-state index in [-0.39, 0.29) is 5.69 Å². The molecule has 7 nitrogen and oxygen atoms in total. The number of ether oxygens (including phenoxy) is 1. The lowest BCUT2D eigenvalue weighted by molar-refractivity contribution is -0.384. The molecular weight excluding hydrogens is 292 g/mol. The van der Waals surface area contributed by atoms with E-state index in [1.165, 1.54) is 17.4 Å². The third-order valence-corrected chi connectivity index (χ3v) is 3.83. The SMILES string of the molecule is COCCNCc1nnc(-c2ccc([N+](=O)[O-])cc2C)s1. The first-order chi connectivity index (χ1) is 10.1. The van der Waals surface area contributed by atoms with E-state index in [0.717, 1.165) is 27.7 Å². The van der Waals surface area contributed by atoms with Gasteiger partial charge in [-0.3, -0.25) is 10.1 Å².